The molecule has 0 bridgehead atoms. The maximum atomic E-state index is 11.8. The van der Waals surface area contributed by atoms with Crippen LogP contribution in [0.25, 0.3) is 0 Å². The monoisotopic (exact) mass is 259 g/mol. The van der Waals surface area contributed by atoms with E-state index in [1.165, 1.54) is 0 Å². The first-order chi connectivity index (χ1) is 9.04. The smallest absolute Gasteiger partial charge is 0.277 e. The van der Waals surface area contributed by atoms with Gasteiger partial charge in [-0.1, -0.05) is 17.3 Å². The molecule has 2 amide bonds. The van der Waals surface area contributed by atoms with Gasteiger partial charge in [0.2, 0.25) is 5.91 Å². The molecule has 1 heterocycles. The number of benzene rings is 1. The molecule has 98 valence electrons. The lowest BCUT2D eigenvalue weighted by Crippen LogP contribution is -2.14. The third kappa shape index (κ3) is 3.41. The highest BCUT2D eigenvalue weighted by Crippen LogP contribution is 2.12. The fourth-order valence-corrected chi connectivity index (χ4v) is 1.58. The number of carbonyl (C=O) groups excluding carboxylic acids is 2. The van der Waals surface area contributed by atoms with Crippen molar-refractivity contribution in [3.63, 3.8) is 0 Å². The summed E-state index contributed by atoms with van der Waals surface area (Å²) in [6.45, 7) is 1.71. The SMILES string of the molecule is Cc1cc(C(=O)Nc2ccc(CC(N)=O)cc2)no1. The van der Waals surface area contributed by atoms with Gasteiger partial charge in [0.05, 0.1) is 6.42 Å². The van der Waals surface area contributed by atoms with Gasteiger partial charge in [-0.05, 0) is 24.6 Å². The molecule has 0 atom stereocenters. The van der Waals surface area contributed by atoms with E-state index in [4.69, 9.17) is 10.3 Å². The topological polar surface area (TPSA) is 98.2 Å². The molecule has 0 spiro atoms. The number of amides is 2. The summed E-state index contributed by atoms with van der Waals surface area (Å²) < 4.78 is 4.82. The van der Waals surface area contributed by atoms with Crippen molar-refractivity contribution in [2.75, 3.05) is 5.32 Å². The molecule has 2 aromatic rings. The highest BCUT2D eigenvalue weighted by atomic mass is 16.5. The average molecular weight is 259 g/mol. The van der Waals surface area contributed by atoms with Gasteiger partial charge in [-0.2, -0.15) is 0 Å². The highest BCUT2D eigenvalue weighted by molar-refractivity contribution is 6.02. The maximum absolute atomic E-state index is 11.8. The van der Waals surface area contributed by atoms with Crippen LogP contribution in [0.3, 0.4) is 0 Å². The van der Waals surface area contributed by atoms with Gasteiger partial charge < -0.3 is 15.6 Å². The number of nitrogens with zero attached hydrogens (tertiary/aromatic N) is 1. The van der Waals surface area contributed by atoms with E-state index < -0.39 is 5.91 Å². The van der Waals surface area contributed by atoms with E-state index in [1.807, 2.05) is 0 Å². The van der Waals surface area contributed by atoms with E-state index in [0.717, 1.165) is 5.56 Å². The van der Waals surface area contributed by atoms with Crippen LogP contribution in [-0.2, 0) is 11.2 Å². The summed E-state index contributed by atoms with van der Waals surface area (Å²) in [6.07, 6.45) is 0.177. The first-order valence-electron chi connectivity index (χ1n) is 5.66. The van der Waals surface area contributed by atoms with Gasteiger partial charge in [0, 0.05) is 11.8 Å². The van der Waals surface area contributed by atoms with Crippen LogP contribution < -0.4 is 11.1 Å². The molecule has 0 saturated carbocycles. The fourth-order valence-electron chi connectivity index (χ4n) is 1.58. The molecule has 6 nitrogen and oxygen atoms in total. The van der Waals surface area contributed by atoms with Crippen molar-refractivity contribution in [2.45, 2.75) is 13.3 Å². The van der Waals surface area contributed by atoms with E-state index in [2.05, 4.69) is 10.5 Å². The molecule has 0 fully saturated rings. The highest BCUT2D eigenvalue weighted by Gasteiger charge is 2.10. The first-order valence-corrected chi connectivity index (χ1v) is 5.66. The van der Waals surface area contributed by atoms with Crippen molar-refractivity contribution in [2.24, 2.45) is 5.73 Å². The van der Waals surface area contributed by atoms with Gasteiger partial charge in [0.15, 0.2) is 5.69 Å². The normalized spacial score (nSPS) is 10.2. The van der Waals surface area contributed by atoms with Crippen LogP contribution in [-0.4, -0.2) is 17.0 Å². The zero-order valence-electron chi connectivity index (χ0n) is 10.3. The Morgan fingerprint density at radius 1 is 1.32 bits per heavy atom. The lowest BCUT2D eigenvalue weighted by atomic mass is 10.1. The predicted molar refractivity (Wildman–Crippen MR) is 68.5 cm³/mol. The Balaban J connectivity index is 2.03. The van der Waals surface area contributed by atoms with Gasteiger partial charge in [0.1, 0.15) is 5.76 Å². The summed E-state index contributed by atoms with van der Waals surface area (Å²) in [7, 11) is 0. The van der Waals surface area contributed by atoms with Crippen molar-refractivity contribution in [1.29, 1.82) is 0 Å². The van der Waals surface area contributed by atoms with E-state index in [9.17, 15) is 9.59 Å². The molecule has 0 saturated heterocycles. The summed E-state index contributed by atoms with van der Waals surface area (Å²) in [5.74, 6) is -0.170. The third-order valence-corrected chi connectivity index (χ3v) is 2.45. The molecule has 0 aliphatic carbocycles. The van der Waals surface area contributed by atoms with Gasteiger partial charge >= 0.3 is 0 Å². The molecule has 3 N–H and O–H groups in total. The van der Waals surface area contributed by atoms with Crippen LogP contribution in [0.4, 0.5) is 5.69 Å². The first kappa shape index (κ1) is 12.8. The van der Waals surface area contributed by atoms with Gasteiger partial charge in [-0.3, -0.25) is 9.59 Å². The standard InChI is InChI=1S/C13H13N3O3/c1-8-6-11(16-19-8)13(18)15-10-4-2-9(3-5-10)7-12(14)17/h2-6H,7H2,1H3,(H2,14,17)(H,15,18). The predicted octanol–water partition coefficient (Wildman–Crippen LogP) is 1.26. The summed E-state index contributed by atoms with van der Waals surface area (Å²) in [4.78, 5) is 22.5. The van der Waals surface area contributed by atoms with Gasteiger partial charge in [-0.25, -0.2) is 0 Å². The van der Waals surface area contributed by atoms with Crippen molar-refractivity contribution >= 4 is 17.5 Å². The Kier molecular flexibility index (Phi) is 3.61. The number of rotatable bonds is 4. The zero-order chi connectivity index (χ0) is 13.8. The number of hydrogen-bond acceptors (Lipinski definition) is 4. The average Bonchev–Trinajstić information content (AvgIpc) is 2.78. The molecule has 0 unspecified atom stereocenters. The molecular formula is C13H13N3O3. The number of anilines is 1. The van der Waals surface area contributed by atoms with Crippen molar-refractivity contribution in [3.05, 3.63) is 47.3 Å². The van der Waals surface area contributed by atoms with Crippen LogP contribution in [0.1, 0.15) is 21.8 Å². The molecule has 1 aromatic carbocycles. The summed E-state index contributed by atoms with van der Waals surface area (Å²) in [5.41, 5.74) is 6.72. The Hall–Kier alpha value is -2.63. The number of nitrogens with two attached hydrogens (primary N) is 1. The molecule has 1 aromatic heterocycles. The van der Waals surface area contributed by atoms with E-state index >= 15 is 0 Å². The van der Waals surface area contributed by atoms with Crippen LogP contribution in [0.15, 0.2) is 34.9 Å². The third-order valence-electron chi connectivity index (χ3n) is 2.45. The maximum Gasteiger partial charge on any atom is 0.277 e. The van der Waals surface area contributed by atoms with Gasteiger partial charge in [-0.15, -0.1) is 0 Å². The number of hydrogen-bond donors (Lipinski definition) is 2. The molecular weight excluding hydrogens is 246 g/mol. The Morgan fingerprint density at radius 2 is 2.00 bits per heavy atom. The van der Waals surface area contributed by atoms with E-state index in [0.29, 0.717) is 11.4 Å². The van der Waals surface area contributed by atoms with E-state index in [1.54, 1.807) is 37.3 Å². The fraction of sp³-hybridized carbons (Fsp3) is 0.154. The molecule has 0 aliphatic rings. The summed E-state index contributed by atoms with van der Waals surface area (Å²) in [5, 5.41) is 6.30. The Bertz CT molecular complexity index is 602. The van der Waals surface area contributed by atoms with Crippen molar-refractivity contribution < 1.29 is 14.1 Å². The molecule has 0 radical (unpaired) electrons. The zero-order valence-corrected chi connectivity index (χ0v) is 10.3. The summed E-state index contributed by atoms with van der Waals surface area (Å²) >= 11 is 0. The second-order valence-electron chi connectivity index (χ2n) is 4.12. The largest absolute Gasteiger partial charge is 0.369 e. The van der Waals surface area contributed by atoms with E-state index in [-0.39, 0.29) is 18.0 Å². The minimum atomic E-state index is -0.394. The van der Waals surface area contributed by atoms with Gasteiger partial charge in [0.25, 0.3) is 5.91 Å². The summed E-state index contributed by atoms with van der Waals surface area (Å²) in [6, 6.07) is 8.41. The molecule has 19 heavy (non-hydrogen) atoms. The number of nitrogens with one attached hydrogen (secondary N) is 1. The minimum absolute atomic E-state index is 0.177. The van der Waals surface area contributed by atoms with Crippen molar-refractivity contribution in [1.82, 2.24) is 5.16 Å². The Morgan fingerprint density at radius 3 is 2.53 bits per heavy atom. The van der Waals surface area contributed by atoms with Crippen LogP contribution in [0, 0.1) is 6.92 Å². The minimum Gasteiger partial charge on any atom is -0.369 e. The number of aromatic nitrogens is 1. The van der Waals surface area contributed by atoms with Crippen LogP contribution >= 0.6 is 0 Å². The second kappa shape index (κ2) is 5.34. The van der Waals surface area contributed by atoms with Crippen LogP contribution in [0.5, 0.6) is 0 Å². The molecule has 0 aliphatic heterocycles. The number of primary amides is 1. The van der Waals surface area contributed by atoms with Crippen LogP contribution in [0.2, 0.25) is 0 Å². The Labute approximate surface area is 109 Å². The second-order valence-corrected chi connectivity index (χ2v) is 4.12. The number of carbonyl (C=O) groups is 2. The number of aryl methyl sites for hydroxylation is 1. The lowest BCUT2D eigenvalue weighted by molar-refractivity contribution is -0.117. The lowest BCUT2D eigenvalue weighted by Gasteiger charge is -2.04. The molecule has 2 rings (SSSR count). The van der Waals surface area contributed by atoms with Crippen molar-refractivity contribution in [3.8, 4) is 0 Å². The quantitative estimate of drug-likeness (QED) is 0.863. The molecule has 6 heteroatoms.